The molecule has 3 aromatic carbocycles. The van der Waals surface area contributed by atoms with Gasteiger partial charge in [0, 0.05) is 30.6 Å². The highest BCUT2D eigenvalue weighted by Crippen LogP contribution is 2.37. The molecule has 192 valence electrons. The van der Waals surface area contributed by atoms with Gasteiger partial charge in [-0.3, -0.25) is 14.7 Å². The lowest BCUT2D eigenvalue weighted by molar-refractivity contribution is -0.131. The minimum atomic E-state index is -0.743. The Morgan fingerprint density at radius 3 is 2.55 bits per heavy atom. The van der Waals surface area contributed by atoms with E-state index in [9.17, 15) is 9.90 Å². The summed E-state index contributed by atoms with van der Waals surface area (Å²) < 4.78 is 5.55. The molecule has 1 aromatic heterocycles. The summed E-state index contributed by atoms with van der Waals surface area (Å²) >= 11 is 0. The molecule has 2 N–H and O–H groups in total. The highest BCUT2D eigenvalue weighted by molar-refractivity contribution is 6.08. The zero-order valence-corrected chi connectivity index (χ0v) is 21.1. The van der Waals surface area contributed by atoms with E-state index in [0.717, 1.165) is 52.1 Å². The number of benzene rings is 3. The Kier molecular flexibility index (Phi) is 6.21. The number of tetrazole rings is 1. The second kappa shape index (κ2) is 9.83. The molecule has 0 saturated carbocycles. The molecule has 9 nitrogen and oxygen atoms in total. The van der Waals surface area contributed by atoms with Crippen LogP contribution in [0.25, 0.3) is 33.6 Å². The second-order valence-electron chi connectivity index (χ2n) is 9.71. The normalized spacial score (nSPS) is 18.9. The number of carbonyl (C=O) groups is 1. The van der Waals surface area contributed by atoms with Crippen LogP contribution in [0.15, 0.2) is 71.7 Å². The number of phenolic OH excluding ortho intramolecular Hbond substituents is 1. The largest absolute Gasteiger partial charge is 0.507 e. The van der Waals surface area contributed by atoms with E-state index in [4.69, 9.17) is 9.73 Å². The van der Waals surface area contributed by atoms with E-state index in [2.05, 4.69) is 27.5 Å². The van der Waals surface area contributed by atoms with Gasteiger partial charge in [0.1, 0.15) is 11.6 Å². The monoisotopic (exact) mass is 508 g/mol. The van der Waals surface area contributed by atoms with Crippen LogP contribution in [0.1, 0.15) is 31.7 Å². The van der Waals surface area contributed by atoms with Crippen molar-refractivity contribution in [1.29, 1.82) is 0 Å². The summed E-state index contributed by atoms with van der Waals surface area (Å²) in [4.78, 5) is 20.0. The Balaban J connectivity index is 1.33. The first-order valence-corrected chi connectivity index (χ1v) is 12.8. The number of para-hydroxylation sites is 1. The topological polar surface area (TPSA) is 117 Å². The van der Waals surface area contributed by atoms with Crippen molar-refractivity contribution in [3.8, 4) is 39.4 Å². The fourth-order valence-corrected chi connectivity index (χ4v) is 5.22. The summed E-state index contributed by atoms with van der Waals surface area (Å²) in [5.41, 5.74) is 4.58. The molecule has 0 bridgehead atoms. The zero-order chi connectivity index (χ0) is 26.1. The van der Waals surface area contributed by atoms with Crippen LogP contribution in [-0.2, 0) is 16.1 Å². The number of amides is 1. The quantitative estimate of drug-likeness (QED) is 0.377. The Labute approximate surface area is 220 Å². The van der Waals surface area contributed by atoms with Crippen molar-refractivity contribution in [3.05, 3.63) is 72.3 Å². The maximum Gasteiger partial charge on any atom is 0.258 e. The number of H-pyrrole nitrogens is 1. The summed E-state index contributed by atoms with van der Waals surface area (Å²) in [5, 5.41) is 25.0. The number of aromatic nitrogens is 4. The molecular formula is C29H28N6O3. The van der Waals surface area contributed by atoms with E-state index in [1.807, 2.05) is 59.5 Å². The number of aliphatic imine (C=N–C) groups is 1. The van der Waals surface area contributed by atoms with E-state index in [-0.39, 0.29) is 11.7 Å². The van der Waals surface area contributed by atoms with Crippen molar-refractivity contribution in [3.63, 3.8) is 0 Å². The molecule has 2 aliphatic rings. The van der Waals surface area contributed by atoms with Crippen LogP contribution in [0, 0.1) is 0 Å². The maximum atomic E-state index is 13.4. The predicted octanol–water partition coefficient (Wildman–Crippen LogP) is 4.61. The van der Waals surface area contributed by atoms with Crippen molar-refractivity contribution in [1.82, 2.24) is 25.5 Å². The van der Waals surface area contributed by atoms with Crippen molar-refractivity contribution >= 4 is 11.7 Å². The Hall–Kier alpha value is -4.37. The summed E-state index contributed by atoms with van der Waals surface area (Å²) in [7, 11) is 0. The number of carbonyl (C=O) groups excluding carboxylic acids is 1. The first-order chi connectivity index (χ1) is 18.6. The third kappa shape index (κ3) is 4.24. The first-order valence-electron chi connectivity index (χ1n) is 12.8. The van der Waals surface area contributed by atoms with Crippen molar-refractivity contribution in [2.75, 3.05) is 13.2 Å². The minimum Gasteiger partial charge on any atom is -0.507 e. The van der Waals surface area contributed by atoms with E-state index >= 15 is 0 Å². The average Bonchev–Trinajstić information content (AvgIpc) is 3.69. The van der Waals surface area contributed by atoms with Crippen LogP contribution in [0.4, 0.5) is 0 Å². The van der Waals surface area contributed by atoms with Gasteiger partial charge in [0.15, 0.2) is 5.54 Å². The number of amidine groups is 1. The van der Waals surface area contributed by atoms with E-state index < -0.39 is 5.54 Å². The maximum absolute atomic E-state index is 13.4. The van der Waals surface area contributed by atoms with Gasteiger partial charge in [-0.25, -0.2) is 0 Å². The van der Waals surface area contributed by atoms with Gasteiger partial charge in [-0.2, -0.15) is 5.21 Å². The third-order valence-corrected chi connectivity index (χ3v) is 7.20. The number of ether oxygens (including phenoxy) is 1. The molecule has 4 aromatic rings. The highest BCUT2D eigenvalue weighted by atomic mass is 16.5. The molecule has 1 amide bonds. The molecule has 0 radical (unpaired) electrons. The minimum absolute atomic E-state index is 0.0392. The summed E-state index contributed by atoms with van der Waals surface area (Å²) in [5.74, 6) is 1.59. The number of aromatic amines is 1. The SMILES string of the molecule is CCCC1=NC2(CCOC2)C(=O)N1Cc1ccc(-c2cc(-c3ccccc3O)ccc2-c2nn[nH]n2)cc1. The van der Waals surface area contributed by atoms with E-state index in [0.29, 0.717) is 32.0 Å². The zero-order valence-electron chi connectivity index (χ0n) is 21.1. The Morgan fingerprint density at radius 2 is 1.84 bits per heavy atom. The lowest BCUT2D eigenvalue weighted by Crippen LogP contribution is -2.42. The number of rotatable bonds is 7. The number of hydrogen-bond acceptors (Lipinski definition) is 7. The molecule has 1 spiro atoms. The van der Waals surface area contributed by atoms with Gasteiger partial charge in [0.05, 0.1) is 13.2 Å². The first kappa shape index (κ1) is 24.0. The van der Waals surface area contributed by atoms with E-state index in [1.54, 1.807) is 12.1 Å². The number of aromatic hydroxyl groups is 1. The fourth-order valence-electron chi connectivity index (χ4n) is 5.22. The molecule has 1 saturated heterocycles. The van der Waals surface area contributed by atoms with Crippen molar-refractivity contribution in [2.24, 2.45) is 4.99 Å². The highest BCUT2D eigenvalue weighted by Gasteiger charge is 2.50. The number of nitrogens with one attached hydrogen (secondary N) is 1. The predicted molar refractivity (Wildman–Crippen MR) is 143 cm³/mol. The Morgan fingerprint density at radius 1 is 1.03 bits per heavy atom. The molecular weight excluding hydrogens is 480 g/mol. The second-order valence-corrected chi connectivity index (χ2v) is 9.71. The van der Waals surface area contributed by atoms with Crippen LogP contribution in [-0.4, -0.2) is 61.1 Å². The summed E-state index contributed by atoms with van der Waals surface area (Å²) in [6.45, 7) is 3.50. The molecule has 3 heterocycles. The van der Waals surface area contributed by atoms with Gasteiger partial charge in [0.25, 0.3) is 5.91 Å². The van der Waals surface area contributed by atoms with Crippen molar-refractivity contribution < 1.29 is 14.6 Å². The number of hydrogen-bond donors (Lipinski definition) is 2. The molecule has 0 aliphatic carbocycles. The van der Waals surface area contributed by atoms with Crippen LogP contribution < -0.4 is 0 Å². The standard InChI is InChI=1S/C29H28N6O3/c1-2-5-26-30-29(14-15-38-18-29)28(37)35(26)17-19-8-10-20(11-9-19)24-16-21(22-6-3-4-7-25(22)36)12-13-23(24)27-31-33-34-32-27/h3-4,6-13,16,36H,2,5,14-15,17-18H2,1H3,(H,31,32,33,34). The summed E-state index contributed by atoms with van der Waals surface area (Å²) in [6.07, 6.45) is 2.32. The van der Waals surface area contributed by atoms with Gasteiger partial charge >= 0.3 is 0 Å². The summed E-state index contributed by atoms with van der Waals surface area (Å²) in [6, 6.07) is 21.3. The van der Waals surface area contributed by atoms with Gasteiger partial charge in [-0.05, 0) is 52.1 Å². The molecule has 1 unspecified atom stereocenters. The molecule has 2 aliphatic heterocycles. The van der Waals surface area contributed by atoms with Crippen LogP contribution in [0.2, 0.25) is 0 Å². The Bertz CT molecular complexity index is 1490. The average molecular weight is 509 g/mol. The smallest absolute Gasteiger partial charge is 0.258 e. The van der Waals surface area contributed by atoms with Crippen LogP contribution in [0.5, 0.6) is 5.75 Å². The van der Waals surface area contributed by atoms with E-state index in [1.165, 1.54) is 0 Å². The molecule has 9 heteroatoms. The molecule has 38 heavy (non-hydrogen) atoms. The number of nitrogens with zero attached hydrogens (tertiary/aromatic N) is 5. The van der Waals surface area contributed by atoms with Gasteiger partial charge in [0.2, 0.25) is 5.82 Å². The van der Waals surface area contributed by atoms with Gasteiger partial charge in [-0.15, -0.1) is 10.2 Å². The van der Waals surface area contributed by atoms with Crippen LogP contribution >= 0.6 is 0 Å². The van der Waals surface area contributed by atoms with Crippen LogP contribution in [0.3, 0.4) is 0 Å². The molecule has 1 fully saturated rings. The van der Waals surface area contributed by atoms with Gasteiger partial charge < -0.3 is 9.84 Å². The van der Waals surface area contributed by atoms with Gasteiger partial charge in [-0.1, -0.05) is 55.5 Å². The number of phenols is 1. The van der Waals surface area contributed by atoms with Crippen molar-refractivity contribution in [2.45, 2.75) is 38.3 Å². The fraction of sp³-hybridized carbons (Fsp3) is 0.276. The molecule has 6 rings (SSSR count). The molecule has 1 atom stereocenters. The lowest BCUT2D eigenvalue weighted by Gasteiger charge is -2.22. The lowest BCUT2D eigenvalue weighted by atomic mass is 9.93. The third-order valence-electron chi connectivity index (χ3n) is 7.20.